The maximum Gasteiger partial charge on any atom is 0.341 e. The van der Waals surface area contributed by atoms with Gasteiger partial charge in [-0.25, -0.2) is 9.78 Å². The molecule has 9 nitrogen and oxygen atoms in total. The van der Waals surface area contributed by atoms with Gasteiger partial charge in [-0.05, 0) is 38.5 Å². The number of aromatic nitrogens is 3. The number of ether oxygens (including phenoxy) is 1. The smallest absolute Gasteiger partial charge is 0.341 e. The Labute approximate surface area is 193 Å². The zero-order valence-electron chi connectivity index (χ0n) is 18.1. The van der Waals surface area contributed by atoms with Gasteiger partial charge < -0.3 is 15.4 Å². The Kier molecular flexibility index (Phi) is 7.65. The summed E-state index contributed by atoms with van der Waals surface area (Å²) in [5.74, 6) is -0.293. The predicted octanol–water partition coefficient (Wildman–Crippen LogP) is 4.02. The Hall–Kier alpha value is -3.18. The molecule has 3 N–H and O–H groups in total. The van der Waals surface area contributed by atoms with Gasteiger partial charge >= 0.3 is 5.97 Å². The molecule has 3 rings (SSSR count). The van der Waals surface area contributed by atoms with E-state index < -0.39 is 5.97 Å². The largest absolute Gasteiger partial charge is 0.462 e. The van der Waals surface area contributed by atoms with Gasteiger partial charge in [0.15, 0.2) is 5.82 Å². The third-order valence-corrected chi connectivity index (χ3v) is 6.34. The molecule has 2 heterocycles. The minimum atomic E-state index is -0.447. The Balaban J connectivity index is 1.64. The quantitative estimate of drug-likeness (QED) is 0.333. The van der Waals surface area contributed by atoms with Crippen molar-refractivity contribution in [2.24, 2.45) is 0 Å². The summed E-state index contributed by atoms with van der Waals surface area (Å²) in [5.41, 5.74) is 2.60. The van der Waals surface area contributed by atoms with Gasteiger partial charge in [-0.3, -0.25) is 14.7 Å². The second-order valence-corrected chi connectivity index (χ2v) is 8.94. The number of thioether (sulfide) groups is 1. The Morgan fingerprint density at radius 3 is 2.72 bits per heavy atom. The second-order valence-electron chi connectivity index (χ2n) is 6.77. The molecule has 0 radical (unpaired) electrons. The molecule has 2 amide bonds. The number of aryl methyl sites for hydroxylation is 1. The molecule has 0 spiro atoms. The van der Waals surface area contributed by atoms with Gasteiger partial charge in [0.2, 0.25) is 17.0 Å². The molecule has 0 saturated carbocycles. The van der Waals surface area contributed by atoms with Crippen molar-refractivity contribution in [3.63, 3.8) is 0 Å². The SMILES string of the molecule is CCOC(=O)c1c(NC(=O)CSc2n[nH]c(-c3cccc(NC(C)=O)c3)n2)sc(C)c1C. The molecule has 0 fully saturated rings. The van der Waals surface area contributed by atoms with Crippen LogP contribution in [0.5, 0.6) is 0 Å². The molecular formula is C21H23N5O4S2. The standard InChI is InChI=1S/C21H23N5O4S2/c1-5-30-20(29)17-11(2)12(3)32-19(17)23-16(28)10-31-21-24-18(25-26-21)14-7-6-8-15(9-14)22-13(4)27/h6-9H,5,10H2,1-4H3,(H,22,27)(H,23,28)(H,24,25,26). The van der Waals surface area contributed by atoms with Crippen molar-refractivity contribution in [3.8, 4) is 11.4 Å². The van der Waals surface area contributed by atoms with Crippen LogP contribution in [0.3, 0.4) is 0 Å². The number of hydrogen-bond donors (Lipinski definition) is 3. The number of carbonyl (C=O) groups excluding carboxylic acids is 3. The number of nitrogens with one attached hydrogen (secondary N) is 3. The third kappa shape index (κ3) is 5.74. The average molecular weight is 474 g/mol. The van der Waals surface area contributed by atoms with Gasteiger partial charge in [0, 0.05) is 23.1 Å². The zero-order chi connectivity index (χ0) is 23.3. The molecule has 11 heteroatoms. The Morgan fingerprint density at radius 2 is 2.00 bits per heavy atom. The summed E-state index contributed by atoms with van der Waals surface area (Å²) in [5, 5.41) is 13.4. The van der Waals surface area contributed by atoms with E-state index in [9.17, 15) is 14.4 Å². The fourth-order valence-corrected chi connectivity index (χ4v) is 4.51. The van der Waals surface area contributed by atoms with Crippen LogP contribution in [0.4, 0.5) is 10.7 Å². The van der Waals surface area contributed by atoms with Crippen LogP contribution in [0, 0.1) is 13.8 Å². The van der Waals surface area contributed by atoms with Gasteiger partial charge in [0.05, 0.1) is 17.9 Å². The molecule has 32 heavy (non-hydrogen) atoms. The van der Waals surface area contributed by atoms with Crippen molar-refractivity contribution >= 4 is 51.6 Å². The van der Waals surface area contributed by atoms with Crippen LogP contribution in [0.15, 0.2) is 29.4 Å². The number of rotatable bonds is 8. The zero-order valence-corrected chi connectivity index (χ0v) is 19.7. The topological polar surface area (TPSA) is 126 Å². The van der Waals surface area contributed by atoms with Crippen LogP contribution in [-0.2, 0) is 14.3 Å². The number of H-pyrrole nitrogens is 1. The van der Waals surface area contributed by atoms with Gasteiger partial charge in [-0.2, -0.15) is 0 Å². The third-order valence-electron chi connectivity index (χ3n) is 4.37. The number of esters is 1. The molecule has 2 aromatic heterocycles. The lowest BCUT2D eigenvalue weighted by atomic mass is 10.1. The van der Waals surface area contributed by atoms with Crippen molar-refractivity contribution in [2.45, 2.75) is 32.9 Å². The van der Waals surface area contributed by atoms with Gasteiger partial charge in [0.25, 0.3) is 0 Å². The van der Waals surface area contributed by atoms with Gasteiger partial charge in [-0.15, -0.1) is 16.4 Å². The number of thiophene rings is 1. The Bertz CT molecular complexity index is 1160. The van der Waals surface area contributed by atoms with E-state index in [4.69, 9.17) is 4.74 Å². The maximum absolute atomic E-state index is 12.5. The number of benzene rings is 1. The molecule has 0 bridgehead atoms. The first-order chi connectivity index (χ1) is 15.3. The summed E-state index contributed by atoms with van der Waals surface area (Å²) < 4.78 is 5.11. The van der Waals surface area contributed by atoms with Crippen molar-refractivity contribution in [1.29, 1.82) is 0 Å². The van der Waals surface area contributed by atoms with Crippen LogP contribution in [0.25, 0.3) is 11.4 Å². The lowest BCUT2D eigenvalue weighted by Crippen LogP contribution is -2.16. The highest BCUT2D eigenvalue weighted by molar-refractivity contribution is 7.99. The molecule has 0 unspecified atom stereocenters. The molecule has 0 aliphatic carbocycles. The summed E-state index contributed by atoms with van der Waals surface area (Å²) >= 11 is 2.51. The molecule has 0 atom stereocenters. The number of hydrogen-bond acceptors (Lipinski definition) is 8. The summed E-state index contributed by atoms with van der Waals surface area (Å²) in [6.07, 6.45) is 0. The molecule has 0 saturated heterocycles. The number of anilines is 2. The van der Waals surface area contributed by atoms with Crippen molar-refractivity contribution in [2.75, 3.05) is 23.0 Å². The maximum atomic E-state index is 12.5. The van der Waals surface area contributed by atoms with E-state index in [1.165, 1.54) is 30.0 Å². The first-order valence-electron chi connectivity index (χ1n) is 9.78. The van der Waals surface area contributed by atoms with E-state index in [-0.39, 0.29) is 24.2 Å². The Morgan fingerprint density at radius 1 is 1.22 bits per heavy atom. The van der Waals surface area contributed by atoms with E-state index in [0.29, 0.717) is 27.2 Å². The van der Waals surface area contributed by atoms with Crippen LogP contribution in [0.2, 0.25) is 0 Å². The highest BCUT2D eigenvalue weighted by atomic mass is 32.2. The fourth-order valence-electron chi connectivity index (χ4n) is 2.84. The number of amides is 2. The van der Waals surface area contributed by atoms with Crippen LogP contribution in [0.1, 0.15) is 34.6 Å². The normalized spacial score (nSPS) is 10.6. The highest BCUT2D eigenvalue weighted by Crippen LogP contribution is 2.33. The molecular weight excluding hydrogens is 450 g/mol. The van der Waals surface area contributed by atoms with Crippen LogP contribution >= 0.6 is 23.1 Å². The lowest BCUT2D eigenvalue weighted by molar-refractivity contribution is -0.114. The monoisotopic (exact) mass is 473 g/mol. The molecule has 3 aromatic rings. The van der Waals surface area contributed by atoms with Crippen molar-refractivity contribution in [3.05, 3.63) is 40.3 Å². The van der Waals surface area contributed by atoms with Crippen LogP contribution < -0.4 is 10.6 Å². The van der Waals surface area contributed by atoms with E-state index in [1.54, 1.807) is 25.1 Å². The van der Waals surface area contributed by atoms with Gasteiger partial charge in [0.1, 0.15) is 5.00 Å². The second kappa shape index (κ2) is 10.4. The van der Waals surface area contributed by atoms with Crippen LogP contribution in [-0.4, -0.2) is 45.3 Å². The predicted molar refractivity (Wildman–Crippen MR) is 125 cm³/mol. The van der Waals surface area contributed by atoms with Crippen molar-refractivity contribution in [1.82, 2.24) is 15.2 Å². The van der Waals surface area contributed by atoms with E-state index in [2.05, 4.69) is 25.8 Å². The lowest BCUT2D eigenvalue weighted by Gasteiger charge is -2.06. The van der Waals surface area contributed by atoms with E-state index in [0.717, 1.165) is 16.0 Å². The number of aromatic amines is 1. The average Bonchev–Trinajstić information content (AvgIpc) is 3.31. The molecule has 168 valence electrons. The number of carbonyl (C=O) groups is 3. The van der Waals surface area contributed by atoms with E-state index in [1.807, 2.05) is 19.9 Å². The molecule has 0 aliphatic heterocycles. The summed E-state index contributed by atoms with van der Waals surface area (Å²) in [4.78, 5) is 41.3. The minimum Gasteiger partial charge on any atom is -0.462 e. The summed E-state index contributed by atoms with van der Waals surface area (Å²) in [7, 11) is 0. The first-order valence-corrected chi connectivity index (χ1v) is 11.6. The molecule has 1 aromatic carbocycles. The summed E-state index contributed by atoms with van der Waals surface area (Å²) in [6.45, 7) is 7.16. The molecule has 0 aliphatic rings. The van der Waals surface area contributed by atoms with Crippen molar-refractivity contribution < 1.29 is 19.1 Å². The van der Waals surface area contributed by atoms with E-state index >= 15 is 0 Å². The highest BCUT2D eigenvalue weighted by Gasteiger charge is 2.22. The number of nitrogens with zero attached hydrogens (tertiary/aromatic N) is 2. The summed E-state index contributed by atoms with van der Waals surface area (Å²) in [6, 6.07) is 7.20. The first kappa shape index (κ1) is 23.5. The minimum absolute atomic E-state index is 0.0709. The van der Waals surface area contributed by atoms with Gasteiger partial charge in [-0.1, -0.05) is 23.9 Å². The fraction of sp³-hybridized carbons (Fsp3) is 0.286.